The van der Waals surface area contributed by atoms with Gasteiger partial charge >= 0.3 is 5.97 Å². The van der Waals surface area contributed by atoms with Gasteiger partial charge < -0.3 is 15.7 Å². The van der Waals surface area contributed by atoms with Crippen molar-refractivity contribution >= 4 is 23.4 Å². The van der Waals surface area contributed by atoms with Gasteiger partial charge in [-0.15, -0.1) is 0 Å². The van der Waals surface area contributed by atoms with Crippen LogP contribution < -0.4 is 10.6 Å². The number of rotatable bonds is 4. The molecule has 106 valence electrons. The molecule has 1 unspecified atom stereocenters. The van der Waals surface area contributed by atoms with Crippen molar-refractivity contribution in [3.8, 4) is 0 Å². The smallest absolute Gasteiger partial charge is 0.319 e. The Morgan fingerprint density at radius 2 is 2.15 bits per heavy atom. The predicted molar refractivity (Wildman–Crippen MR) is 75.5 cm³/mol. The van der Waals surface area contributed by atoms with E-state index in [9.17, 15) is 14.7 Å². The predicted octanol–water partition coefficient (Wildman–Crippen LogP) is 1.87. The minimum Gasteiger partial charge on any atom is -0.480 e. The van der Waals surface area contributed by atoms with E-state index in [1.807, 2.05) is 6.08 Å². The molecule has 6 nitrogen and oxygen atoms in total. The number of nitrogens with zero attached hydrogens (tertiary/aromatic N) is 1. The van der Waals surface area contributed by atoms with Crippen LogP contribution in [0.3, 0.4) is 0 Å². The molecule has 1 aromatic heterocycles. The zero-order valence-corrected chi connectivity index (χ0v) is 11.2. The molecule has 0 spiro atoms. The summed E-state index contributed by atoms with van der Waals surface area (Å²) in [5, 5.41) is 14.9. The van der Waals surface area contributed by atoms with Gasteiger partial charge in [0.2, 0.25) is 5.91 Å². The van der Waals surface area contributed by atoms with Crippen LogP contribution in [0, 0.1) is 5.41 Å². The lowest BCUT2D eigenvalue weighted by atomic mass is 9.76. The molecule has 1 atom stereocenters. The Kier molecular flexibility index (Phi) is 4.02. The number of pyridine rings is 1. The lowest BCUT2D eigenvalue weighted by Gasteiger charge is -2.28. The first-order chi connectivity index (χ1) is 9.58. The Hall–Kier alpha value is -2.37. The van der Waals surface area contributed by atoms with Crippen LogP contribution in [0.1, 0.15) is 19.3 Å². The van der Waals surface area contributed by atoms with Gasteiger partial charge in [-0.1, -0.05) is 12.2 Å². The third-order valence-corrected chi connectivity index (χ3v) is 3.49. The van der Waals surface area contributed by atoms with Gasteiger partial charge in [0, 0.05) is 7.05 Å². The fraction of sp³-hybridized carbons (Fsp3) is 0.357. The lowest BCUT2D eigenvalue weighted by Crippen LogP contribution is -2.43. The monoisotopic (exact) mass is 275 g/mol. The number of amides is 1. The number of carbonyl (C=O) groups is 2. The molecule has 2 rings (SSSR count). The van der Waals surface area contributed by atoms with Gasteiger partial charge in [0.05, 0.1) is 11.9 Å². The van der Waals surface area contributed by atoms with Gasteiger partial charge in [0.25, 0.3) is 0 Å². The SMILES string of the molecule is CNc1ccc(NC(=O)C2(C(=O)O)CC=CCC2)cn1. The summed E-state index contributed by atoms with van der Waals surface area (Å²) >= 11 is 0. The summed E-state index contributed by atoms with van der Waals surface area (Å²) < 4.78 is 0. The largest absolute Gasteiger partial charge is 0.480 e. The molecule has 0 fully saturated rings. The number of aromatic nitrogens is 1. The molecule has 6 heteroatoms. The summed E-state index contributed by atoms with van der Waals surface area (Å²) in [6, 6.07) is 3.40. The van der Waals surface area contributed by atoms with Gasteiger partial charge in [0.1, 0.15) is 11.2 Å². The highest BCUT2D eigenvalue weighted by Crippen LogP contribution is 2.34. The van der Waals surface area contributed by atoms with Crippen molar-refractivity contribution in [1.29, 1.82) is 0 Å². The molecule has 1 aliphatic carbocycles. The van der Waals surface area contributed by atoms with E-state index >= 15 is 0 Å². The molecule has 0 aliphatic heterocycles. The second kappa shape index (κ2) is 5.73. The van der Waals surface area contributed by atoms with E-state index in [2.05, 4.69) is 15.6 Å². The fourth-order valence-electron chi connectivity index (χ4n) is 2.20. The minimum atomic E-state index is -1.38. The molecule has 0 bridgehead atoms. The molecule has 0 saturated heterocycles. The third kappa shape index (κ3) is 2.64. The van der Waals surface area contributed by atoms with Gasteiger partial charge in [-0.05, 0) is 31.4 Å². The second-order valence-electron chi connectivity index (χ2n) is 4.74. The molecule has 20 heavy (non-hydrogen) atoms. The van der Waals surface area contributed by atoms with Crippen molar-refractivity contribution in [3.05, 3.63) is 30.5 Å². The highest BCUT2D eigenvalue weighted by atomic mass is 16.4. The molecule has 1 aromatic rings. The molecule has 1 aliphatic rings. The topological polar surface area (TPSA) is 91.3 Å². The maximum Gasteiger partial charge on any atom is 0.319 e. The van der Waals surface area contributed by atoms with Crippen LogP contribution in [0.25, 0.3) is 0 Å². The number of aliphatic carboxylic acids is 1. The Morgan fingerprint density at radius 1 is 1.35 bits per heavy atom. The maximum absolute atomic E-state index is 12.3. The fourth-order valence-corrected chi connectivity index (χ4v) is 2.20. The maximum atomic E-state index is 12.3. The summed E-state index contributed by atoms with van der Waals surface area (Å²) in [6.07, 6.45) is 6.27. The summed E-state index contributed by atoms with van der Waals surface area (Å²) in [7, 11) is 1.74. The molecule has 0 aromatic carbocycles. The van der Waals surface area contributed by atoms with Crippen molar-refractivity contribution in [2.24, 2.45) is 5.41 Å². The summed E-state index contributed by atoms with van der Waals surface area (Å²) in [5.74, 6) is -0.899. The molecule has 3 N–H and O–H groups in total. The zero-order valence-electron chi connectivity index (χ0n) is 11.2. The number of carboxylic acid groups (broad SMARTS) is 1. The van der Waals surface area contributed by atoms with Crippen LogP contribution in [0.15, 0.2) is 30.5 Å². The number of carboxylic acids is 1. The normalized spacial score (nSPS) is 21.2. The van der Waals surface area contributed by atoms with Crippen molar-refractivity contribution in [2.45, 2.75) is 19.3 Å². The van der Waals surface area contributed by atoms with Gasteiger partial charge in [-0.3, -0.25) is 9.59 Å². The number of hydrogen-bond donors (Lipinski definition) is 3. The Bertz CT molecular complexity index is 539. The number of nitrogens with one attached hydrogen (secondary N) is 2. The number of anilines is 2. The van der Waals surface area contributed by atoms with Crippen LogP contribution in [0.5, 0.6) is 0 Å². The van der Waals surface area contributed by atoms with Gasteiger partial charge in [-0.2, -0.15) is 0 Å². The quantitative estimate of drug-likeness (QED) is 0.576. The first-order valence-electron chi connectivity index (χ1n) is 6.42. The van der Waals surface area contributed by atoms with Crippen molar-refractivity contribution < 1.29 is 14.7 Å². The minimum absolute atomic E-state index is 0.218. The van der Waals surface area contributed by atoms with Crippen LogP contribution >= 0.6 is 0 Å². The third-order valence-electron chi connectivity index (χ3n) is 3.49. The standard InChI is InChI=1S/C14H17N3O3/c1-15-11-6-5-10(9-16-11)17-12(18)14(13(19)20)7-3-2-4-8-14/h2-3,5-6,9H,4,7-8H2,1H3,(H,15,16)(H,17,18)(H,19,20). The van der Waals surface area contributed by atoms with Crippen molar-refractivity contribution in [3.63, 3.8) is 0 Å². The summed E-state index contributed by atoms with van der Waals surface area (Å²) in [6.45, 7) is 0. The van der Waals surface area contributed by atoms with E-state index in [0.29, 0.717) is 24.3 Å². The van der Waals surface area contributed by atoms with E-state index in [1.54, 1.807) is 25.3 Å². The molecule has 0 radical (unpaired) electrons. The zero-order chi connectivity index (χ0) is 14.6. The van der Waals surface area contributed by atoms with Crippen molar-refractivity contribution in [2.75, 3.05) is 17.7 Å². The Morgan fingerprint density at radius 3 is 2.65 bits per heavy atom. The molecule has 1 heterocycles. The molecular formula is C14H17N3O3. The van der Waals surface area contributed by atoms with Crippen molar-refractivity contribution in [1.82, 2.24) is 4.98 Å². The number of hydrogen-bond acceptors (Lipinski definition) is 4. The average Bonchev–Trinajstić information content (AvgIpc) is 2.48. The lowest BCUT2D eigenvalue weighted by molar-refractivity contribution is -0.154. The van der Waals surface area contributed by atoms with Crippen LogP contribution in [-0.4, -0.2) is 29.0 Å². The number of allylic oxidation sites excluding steroid dienone is 2. The second-order valence-corrected chi connectivity index (χ2v) is 4.74. The van der Waals surface area contributed by atoms with Crippen LogP contribution in [0.2, 0.25) is 0 Å². The highest BCUT2D eigenvalue weighted by molar-refractivity contribution is 6.08. The van der Waals surface area contributed by atoms with Crippen LogP contribution in [0.4, 0.5) is 11.5 Å². The first kappa shape index (κ1) is 14.0. The van der Waals surface area contributed by atoms with E-state index < -0.39 is 17.3 Å². The summed E-state index contributed by atoms with van der Waals surface area (Å²) in [5.41, 5.74) is -0.889. The van der Waals surface area contributed by atoms with E-state index in [0.717, 1.165) is 0 Å². The van der Waals surface area contributed by atoms with E-state index in [-0.39, 0.29) is 6.42 Å². The Balaban J connectivity index is 2.16. The van der Waals surface area contributed by atoms with E-state index in [4.69, 9.17) is 0 Å². The first-order valence-corrected chi connectivity index (χ1v) is 6.42. The molecule has 0 saturated carbocycles. The highest BCUT2D eigenvalue weighted by Gasteiger charge is 2.45. The average molecular weight is 275 g/mol. The Labute approximate surface area is 116 Å². The summed E-state index contributed by atoms with van der Waals surface area (Å²) in [4.78, 5) is 27.9. The van der Waals surface area contributed by atoms with Gasteiger partial charge in [-0.25, -0.2) is 4.98 Å². The van der Waals surface area contributed by atoms with Crippen LogP contribution in [-0.2, 0) is 9.59 Å². The molecule has 1 amide bonds. The van der Waals surface area contributed by atoms with Gasteiger partial charge in [0.15, 0.2) is 0 Å². The van der Waals surface area contributed by atoms with E-state index in [1.165, 1.54) is 6.20 Å². The molecular weight excluding hydrogens is 258 g/mol. The number of carbonyl (C=O) groups excluding carboxylic acids is 1.